The molecule has 9 heteroatoms. The van der Waals surface area contributed by atoms with Crippen molar-refractivity contribution in [2.75, 3.05) is 14.1 Å². The van der Waals surface area contributed by atoms with Crippen molar-refractivity contribution in [3.63, 3.8) is 0 Å². The van der Waals surface area contributed by atoms with E-state index in [2.05, 4.69) is 0 Å². The van der Waals surface area contributed by atoms with Crippen LogP contribution in [0, 0.1) is 13.8 Å². The fourth-order valence-electron chi connectivity index (χ4n) is 2.11. The van der Waals surface area contributed by atoms with Gasteiger partial charge in [0.1, 0.15) is 0 Å². The molecule has 0 spiro atoms. The highest BCUT2D eigenvalue weighted by Gasteiger charge is 2.39. The van der Waals surface area contributed by atoms with Gasteiger partial charge in [0.2, 0.25) is 5.11 Å². The number of nitrogens with zero attached hydrogens (tertiary/aromatic N) is 2. The Morgan fingerprint density at radius 2 is 1.04 bits per heavy atom. The topological polar surface area (TPSA) is 74.8 Å². The summed E-state index contributed by atoms with van der Waals surface area (Å²) in [7, 11) is -5.85. The molecule has 0 unspecified atom stereocenters. The fraction of sp³-hybridized carbons (Fsp3) is 0.235. The average Bonchev–Trinajstić information content (AvgIpc) is 2.55. The predicted molar refractivity (Wildman–Crippen MR) is 105 cm³/mol. The van der Waals surface area contributed by atoms with Crippen LogP contribution in [-0.2, 0) is 20.0 Å². The van der Waals surface area contributed by atoms with Crippen molar-refractivity contribution in [1.29, 1.82) is 0 Å². The predicted octanol–water partition coefficient (Wildman–Crippen LogP) is 2.53. The number of benzene rings is 2. The number of hydrogen-bond acceptors (Lipinski definition) is 5. The second-order valence-electron chi connectivity index (χ2n) is 6.01. The molecule has 0 fully saturated rings. The summed E-state index contributed by atoms with van der Waals surface area (Å²) in [4.78, 5) is 0.971. The normalized spacial score (nSPS) is 11.8. The van der Waals surface area contributed by atoms with Crippen molar-refractivity contribution in [3.8, 4) is 0 Å². The van der Waals surface area contributed by atoms with Crippen LogP contribution < -0.4 is 0 Å². The Kier molecular flexibility index (Phi) is 5.74. The van der Waals surface area contributed by atoms with Crippen LogP contribution in [0.1, 0.15) is 11.1 Å². The quantitative estimate of drug-likeness (QED) is 0.719. The highest BCUT2D eigenvalue weighted by atomic mass is 32.3. The molecule has 0 heterocycles. The molecule has 0 N–H and O–H groups in total. The molecule has 0 radical (unpaired) electrons. The minimum absolute atomic E-state index is 0.150. The second-order valence-corrected chi connectivity index (χ2v) is 10.2. The lowest BCUT2D eigenvalue weighted by Gasteiger charge is -2.27. The molecule has 0 aliphatic heterocycles. The highest BCUT2D eigenvalue weighted by molar-refractivity contribution is 8.06. The molecule has 6 nitrogen and oxygen atoms in total. The number of rotatable bonds is 4. The van der Waals surface area contributed by atoms with E-state index in [9.17, 15) is 16.8 Å². The Hall–Kier alpha value is -1.97. The SMILES string of the molecule is Cc1ccc(S(=O)(=O)N(C(=S)N(C)C)S(=O)(=O)c2ccc(C)cc2)cc1. The summed E-state index contributed by atoms with van der Waals surface area (Å²) in [5.74, 6) is 0. The molecule has 0 amide bonds. The van der Waals surface area contributed by atoms with Gasteiger partial charge in [0, 0.05) is 14.1 Å². The lowest BCUT2D eigenvalue weighted by molar-refractivity contribution is 0.520. The van der Waals surface area contributed by atoms with Crippen LogP contribution in [0.3, 0.4) is 0 Å². The molecule has 2 aromatic carbocycles. The standard InChI is InChI=1S/C17H20N2O4S3/c1-13-5-9-15(10-6-13)25(20,21)19(17(24)18(3)4)26(22,23)16-11-7-14(2)8-12-16/h5-12H,1-4H3. The Morgan fingerprint density at radius 1 is 0.731 bits per heavy atom. The van der Waals surface area contributed by atoms with Crippen molar-refractivity contribution in [3.05, 3.63) is 59.7 Å². The summed E-state index contributed by atoms with van der Waals surface area (Å²) in [6.45, 7) is 3.61. The average molecular weight is 413 g/mol. The van der Waals surface area contributed by atoms with E-state index in [0.717, 1.165) is 11.1 Å². The summed E-state index contributed by atoms with van der Waals surface area (Å²) in [6, 6.07) is 11.8. The van der Waals surface area contributed by atoms with Crippen LogP contribution in [0.25, 0.3) is 0 Å². The molecule has 0 aromatic heterocycles. The van der Waals surface area contributed by atoms with E-state index in [1.807, 2.05) is 13.8 Å². The van der Waals surface area contributed by atoms with Crippen molar-refractivity contribution >= 4 is 37.4 Å². The first-order chi connectivity index (χ1) is 12.0. The summed E-state index contributed by atoms with van der Waals surface area (Å²) in [6.07, 6.45) is 0. The van der Waals surface area contributed by atoms with Crippen molar-refractivity contribution in [2.45, 2.75) is 23.6 Å². The zero-order chi connectivity index (χ0) is 19.7. The van der Waals surface area contributed by atoms with Crippen molar-refractivity contribution < 1.29 is 16.8 Å². The monoisotopic (exact) mass is 412 g/mol. The minimum Gasteiger partial charge on any atom is -0.354 e. The van der Waals surface area contributed by atoms with Crippen LogP contribution in [0.2, 0.25) is 0 Å². The molecule has 0 aliphatic carbocycles. The maximum atomic E-state index is 13.1. The van der Waals surface area contributed by atoms with Gasteiger partial charge >= 0.3 is 0 Å². The Morgan fingerprint density at radius 3 is 1.31 bits per heavy atom. The lowest BCUT2D eigenvalue weighted by Crippen LogP contribution is -2.46. The van der Waals surface area contributed by atoms with Gasteiger partial charge in [-0.05, 0) is 50.3 Å². The molecule has 0 saturated heterocycles. The molecule has 140 valence electrons. The molecule has 0 saturated carbocycles. The molecule has 2 rings (SSSR count). The van der Waals surface area contributed by atoms with Gasteiger partial charge in [0.05, 0.1) is 9.79 Å². The number of sulfonamides is 2. The maximum Gasteiger partial charge on any atom is 0.279 e. The molecule has 0 aliphatic rings. The van der Waals surface area contributed by atoms with Gasteiger partial charge in [-0.1, -0.05) is 35.4 Å². The molecule has 26 heavy (non-hydrogen) atoms. The summed E-state index contributed by atoms with van der Waals surface area (Å²) in [5, 5.41) is -0.342. The maximum absolute atomic E-state index is 13.1. The zero-order valence-electron chi connectivity index (χ0n) is 14.9. The number of thiocarbonyl (C=S) groups is 1. The first-order valence-corrected chi connectivity index (χ1v) is 10.9. The smallest absolute Gasteiger partial charge is 0.279 e. The number of aryl methyl sites for hydroxylation is 2. The third-order valence-corrected chi connectivity index (χ3v) is 8.52. The molecular weight excluding hydrogens is 392 g/mol. The van der Waals surface area contributed by atoms with Gasteiger partial charge in [-0.15, -0.1) is 3.71 Å². The lowest BCUT2D eigenvalue weighted by atomic mass is 10.2. The van der Waals surface area contributed by atoms with Gasteiger partial charge in [-0.3, -0.25) is 0 Å². The third kappa shape index (κ3) is 3.89. The van der Waals surface area contributed by atoms with Gasteiger partial charge in [0.15, 0.2) is 0 Å². The highest BCUT2D eigenvalue weighted by Crippen LogP contribution is 2.26. The van der Waals surface area contributed by atoms with Gasteiger partial charge < -0.3 is 4.90 Å². The van der Waals surface area contributed by atoms with Crippen molar-refractivity contribution in [2.24, 2.45) is 0 Å². The Bertz CT molecular complexity index is 935. The first-order valence-electron chi connectivity index (χ1n) is 7.63. The van der Waals surface area contributed by atoms with E-state index in [1.165, 1.54) is 43.3 Å². The summed E-state index contributed by atoms with van der Waals surface area (Å²) in [5.41, 5.74) is 1.71. The van der Waals surface area contributed by atoms with Gasteiger partial charge in [-0.2, -0.15) is 16.8 Å². The van der Waals surface area contributed by atoms with E-state index in [0.29, 0.717) is 3.71 Å². The van der Waals surface area contributed by atoms with Gasteiger partial charge in [0.25, 0.3) is 20.0 Å². The largest absolute Gasteiger partial charge is 0.354 e. The van der Waals surface area contributed by atoms with Gasteiger partial charge in [-0.25, -0.2) is 0 Å². The second kappa shape index (κ2) is 7.34. The minimum atomic E-state index is -4.42. The van der Waals surface area contributed by atoms with Crippen molar-refractivity contribution in [1.82, 2.24) is 8.61 Å². The zero-order valence-corrected chi connectivity index (χ0v) is 17.3. The summed E-state index contributed by atoms with van der Waals surface area (Å²) >= 11 is 5.14. The van der Waals surface area contributed by atoms with Crippen LogP contribution in [0.5, 0.6) is 0 Å². The fourth-order valence-corrected chi connectivity index (χ4v) is 6.33. The number of hydrogen-bond donors (Lipinski definition) is 0. The molecule has 0 bridgehead atoms. The first kappa shape index (κ1) is 20.3. The van der Waals surface area contributed by atoms with E-state index < -0.39 is 20.0 Å². The third-order valence-electron chi connectivity index (χ3n) is 3.61. The van der Waals surface area contributed by atoms with Crippen LogP contribution in [-0.4, -0.2) is 44.7 Å². The Labute approximate surface area is 160 Å². The van der Waals surface area contributed by atoms with Crippen LogP contribution in [0.4, 0.5) is 0 Å². The van der Waals surface area contributed by atoms with E-state index in [4.69, 9.17) is 12.2 Å². The van der Waals surface area contributed by atoms with Crippen LogP contribution in [0.15, 0.2) is 58.3 Å². The van der Waals surface area contributed by atoms with E-state index in [1.54, 1.807) is 24.3 Å². The van der Waals surface area contributed by atoms with E-state index >= 15 is 0 Å². The van der Waals surface area contributed by atoms with E-state index in [-0.39, 0.29) is 14.9 Å². The molecule has 2 aromatic rings. The van der Waals surface area contributed by atoms with Crippen LogP contribution >= 0.6 is 12.2 Å². The molecule has 0 atom stereocenters. The summed E-state index contributed by atoms with van der Waals surface area (Å²) < 4.78 is 52.7. The molecular formula is C17H20N2O4S3. The Balaban J connectivity index is 2.69.